The van der Waals surface area contributed by atoms with Crippen LogP contribution < -0.4 is 5.23 Å². The van der Waals surface area contributed by atoms with Crippen molar-refractivity contribution in [3.63, 3.8) is 0 Å². The summed E-state index contributed by atoms with van der Waals surface area (Å²) in [5.41, 5.74) is -1.42. The van der Waals surface area contributed by atoms with Crippen molar-refractivity contribution >= 4 is 7.62 Å². The van der Waals surface area contributed by atoms with Gasteiger partial charge in [-0.1, -0.05) is 0 Å². The molecule has 3 nitrogen and oxygen atoms in total. The van der Waals surface area contributed by atoms with Crippen LogP contribution in [0.4, 0.5) is 0 Å². The molecule has 0 saturated heterocycles. The molecule has 0 aromatic heterocycles. The van der Waals surface area contributed by atoms with Crippen LogP contribution in [0.25, 0.3) is 0 Å². The fraction of sp³-hybridized carbons (Fsp3) is 1.00. The van der Waals surface area contributed by atoms with Crippen molar-refractivity contribution in [2.24, 2.45) is 0 Å². The van der Waals surface area contributed by atoms with Crippen molar-refractivity contribution in [2.75, 3.05) is 7.05 Å². The van der Waals surface area contributed by atoms with Crippen molar-refractivity contribution in [3.05, 3.63) is 0 Å². The summed E-state index contributed by atoms with van der Waals surface area (Å²) in [5.74, 6) is 0. The SMILES string of the molecule is CN[B]OC(C)(C)C(C)(C)O. The van der Waals surface area contributed by atoms with E-state index in [1.807, 2.05) is 13.8 Å². The lowest BCUT2D eigenvalue weighted by Gasteiger charge is -2.37. The molecule has 0 aliphatic carbocycles. The summed E-state index contributed by atoms with van der Waals surface area (Å²) in [6, 6.07) is 0. The Labute approximate surface area is 69.4 Å². The molecule has 0 saturated carbocycles. The van der Waals surface area contributed by atoms with Crippen LogP contribution in [0.1, 0.15) is 27.7 Å². The molecule has 4 heteroatoms. The first-order chi connectivity index (χ1) is 4.81. The second kappa shape index (κ2) is 3.56. The third-order valence-corrected chi connectivity index (χ3v) is 1.94. The summed E-state index contributed by atoms with van der Waals surface area (Å²) in [4.78, 5) is 0. The van der Waals surface area contributed by atoms with Crippen LogP contribution in [-0.4, -0.2) is 31.0 Å². The van der Waals surface area contributed by atoms with Crippen LogP contribution >= 0.6 is 0 Å². The maximum atomic E-state index is 9.60. The quantitative estimate of drug-likeness (QED) is 0.578. The molecule has 0 amide bonds. The molecule has 0 aromatic carbocycles. The Bertz CT molecular complexity index is 120. The minimum Gasteiger partial charge on any atom is -0.416 e. The molecule has 0 fully saturated rings. The Morgan fingerprint density at radius 1 is 1.27 bits per heavy atom. The average molecular weight is 158 g/mol. The second-order valence-corrected chi connectivity index (χ2v) is 3.59. The van der Waals surface area contributed by atoms with Gasteiger partial charge in [0.05, 0.1) is 11.2 Å². The molecule has 0 unspecified atom stereocenters. The number of aliphatic hydroxyl groups is 1. The highest BCUT2D eigenvalue weighted by Crippen LogP contribution is 2.23. The van der Waals surface area contributed by atoms with Gasteiger partial charge < -0.3 is 15.0 Å². The highest BCUT2D eigenvalue weighted by atomic mass is 16.5. The van der Waals surface area contributed by atoms with E-state index in [1.54, 1.807) is 20.9 Å². The molecule has 1 radical (unpaired) electrons. The molecule has 0 atom stereocenters. The molecule has 65 valence electrons. The van der Waals surface area contributed by atoms with Gasteiger partial charge in [-0.3, -0.25) is 0 Å². The van der Waals surface area contributed by atoms with Crippen LogP contribution in [0.5, 0.6) is 0 Å². The van der Waals surface area contributed by atoms with E-state index in [-0.39, 0.29) is 0 Å². The minimum atomic E-state index is -0.847. The summed E-state index contributed by atoms with van der Waals surface area (Å²) in [7, 11) is 3.22. The molecule has 0 rings (SSSR count). The first-order valence-corrected chi connectivity index (χ1v) is 3.70. The summed E-state index contributed by atoms with van der Waals surface area (Å²) in [5, 5.41) is 12.3. The molecule has 11 heavy (non-hydrogen) atoms. The largest absolute Gasteiger partial charge is 0.416 e. The summed E-state index contributed by atoms with van der Waals surface area (Å²) in [6.07, 6.45) is 0. The van der Waals surface area contributed by atoms with E-state index in [4.69, 9.17) is 4.65 Å². The topological polar surface area (TPSA) is 41.5 Å². The maximum absolute atomic E-state index is 9.60. The first kappa shape index (κ1) is 10.9. The molecular weight excluding hydrogens is 141 g/mol. The lowest BCUT2D eigenvalue weighted by molar-refractivity contribution is -0.0910. The highest BCUT2D eigenvalue weighted by Gasteiger charge is 2.35. The van der Waals surface area contributed by atoms with Crippen molar-refractivity contribution in [3.8, 4) is 0 Å². The van der Waals surface area contributed by atoms with Gasteiger partial charge in [0.25, 0.3) is 0 Å². The van der Waals surface area contributed by atoms with Crippen LogP contribution in [-0.2, 0) is 4.65 Å². The van der Waals surface area contributed by atoms with E-state index in [9.17, 15) is 5.11 Å². The predicted molar refractivity (Wildman–Crippen MR) is 46.3 cm³/mol. The number of rotatable bonds is 4. The standard InChI is InChI=1S/C7H17BNO2/c1-6(2,10)7(3,4)11-8-9-5/h9-10H,1-5H3. The zero-order valence-corrected chi connectivity index (χ0v) is 7.93. The smallest absolute Gasteiger partial charge is 0.396 e. The lowest BCUT2D eigenvalue weighted by atomic mass is 9.88. The van der Waals surface area contributed by atoms with E-state index < -0.39 is 11.2 Å². The van der Waals surface area contributed by atoms with E-state index in [0.717, 1.165) is 0 Å². The molecule has 0 spiro atoms. The van der Waals surface area contributed by atoms with Crippen LogP contribution in [0.3, 0.4) is 0 Å². The second-order valence-electron chi connectivity index (χ2n) is 3.59. The normalized spacial score (nSPS) is 13.3. The monoisotopic (exact) mass is 158 g/mol. The zero-order chi connectivity index (χ0) is 9.12. The molecule has 0 aliphatic heterocycles. The van der Waals surface area contributed by atoms with Gasteiger partial charge in [0.15, 0.2) is 0 Å². The van der Waals surface area contributed by atoms with Crippen molar-refractivity contribution in [2.45, 2.75) is 38.9 Å². The Morgan fingerprint density at radius 3 is 2.00 bits per heavy atom. The van der Waals surface area contributed by atoms with Crippen molar-refractivity contribution in [1.82, 2.24) is 5.23 Å². The summed E-state index contributed by atoms with van der Waals surface area (Å²) in [6.45, 7) is 7.11. The van der Waals surface area contributed by atoms with Gasteiger partial charge in [0, 0.05) is 0 Å². The molecule has 0 bridgehead atoms. The van der Waals surface area contributed by atoms with E-state index in [1.165, 1.54) is 7.62 Å². The Morgan fingerprint density at radius 2 is 1.73 bits per heavy atom. The first-order valence-electron chi connectivity index (χ1n) is 3.70. The van der Waals surface area contributed by atoms with Gasteiger partial charge in [0.1, 0.15) is 0 Å². The number of nitrogens with one attached hydrogen (secondary N) is 1. The molecule has 0 heterocycles. The van der Waals surface area contributed by atoms with Gasteiger partial charge in [-0.2, -0.15) is 0 Å². The van der Waals surface area contributed by atoms with E-state index in [2.05, 4.69) is 5.23 Å². The van der Waals surface area contributed by atoms with Crippen LogP contribution in [0.15, 0.2) is 0 Å². The van der Waals surface area contributed by atoms with Gasteiger partial charge in [0.2, 0.25) is 0 Å². The van der Waals surface area contributed by atoms with Gasteiger partial charge in [-0.05, 0) is 34.7 Å². The summed E-state index contributed by atoms with van der Waals surface area (Å²) >= 11 is 0. The minimum absolute atomic E-state index is 0.573. The Hall–Kier alpha value is -0.0551. The van der Waals surface area contributed by atoms with Crippen LogP contribution in [0, 0.1) is 0 Å². The molecule has 0 aromatic rings. The van der Waals surface area contributed by atoms with Gasteiger partial charge in [-0.25, -0.2) is 0 Å². The lowest BCUT2D eigenvalue weighted by Crippen LogP contribution is -2.49. The third-order valence-electron chi connectivity index (χ3n) is 1.94. The molecule has 2 N–H and O–H groups in total. The fourth-order valence-electron chi connectivity index (χ4n) is 0.350. The average Bonchev–Trinajstić information content (AvgIpc) is 1.81. The predicted octanol–water partition coefficient (Wildman–Crippen LogP) is 0.306. The van der Waals surface area contributed by atoms with Crippen LogP contribution in [0.2, 0.25) is 0 Å². The third kappa shape index (κ3) is 3.23. The summed E-state index contributed by atoms with van der Waals surface area (Å²) < 4.78 is 5.26. The zero-order valence-electron chi connectivity index (χ0n) is 7.93. The Kier molecular flexibility index (Phi) is 3.54. The molecule has 0 aliphatic rings. The van der Waals surface area contributed by atoms with Gasteiger partial charge >= 0.3 is 7.62 Å². The maximum Gasteiger partial charge on any atom is 0.396 e. The van der Waals surface area contributed by atoms with E-state index >= 15 is 0 Å². The van der Waals surface area contributed by atoms with Gasteiger partial charge in [-0.15, -0.1) is 0 Å². The van der Waals surface area contributed by atoms with E-state index in [0.29, 0.717) is 0 Å². The van der Waals surface area contributed by atoms with Crippen molar-refractivity contribution < 1.29 is 9.76 Å². The molecular formula is C7H17BNO2. The van der Waals surface area contributed by atoms with Crippen molar-refractivity contribution in [1.29, 1.82) is 0 Å². The highest BCUT2D eigenvalue weighted by molar-refractivity contribution is 6.23. The number of hydrogen-bond donors (Lipinski definition) is 2. The number of hydrogen-bond acceptors (Lipinski definition) is 3. The fourth-order valence-corrected chi connectivity index (χ4v) is 0.350. The Balaban J connectivity index is 4.00.